The third-order valence-electron chi connectivity index (χ3n) is 5.54. The Bertz CT molecular complexity index is 1030. The molecule has 2 aliphatic rings. The zero-order valence-corrected chi connectivity index (χ0v) is 18.6. The molecule has 158 valence electrons. The Balaban J connectivity index is 1.78. The normalized spacial score (nSPS) is 19.7. The maximum absolute atomic E-state index is 13.5. The Morgan fingerprint density at radius 1 is 1.27 bits per heavy atom. The number of alkyl halides is 1. The van der Waals surface area contributed by atoms with Gasteiger partial charge in [0, 0.05) is 22.5 Å². The zero-order chi connectivity index (χ0) is 21.4. The van der Waals surface area contributed by atoms with Gasteiger partial charge in [0.15, 0.2) is 17.3 Å². The van der Waals surface area contributed by atoms with E-state index in [0.29, 0.717) is 46.1 Å². The third kappa shape index (κ3) is 3.41. The Labute approximate surface area is 183 Å². The van der Waals surface area contributed by atoms with Crippen molar-refractivity contribution in [2.24, 2.45) is 0 Å². The van der Waals surface area contributed by atoms with Crippen LogP contribution < -0.4 is 18.9 Å². The Hall–Kier alpha value is -2.67. The molecule has 7 heteroatoms. The largest absolute Gasteiger partial charge is 0.508 e. The van der Waals surface area contributed by atoms with E-state index in [2.05, 4.69) is 15.9 Å². The van der Waals surface area contributed by atoms with E-state index in [1.165, 1.54) is 0 Å². The lowest BCUT2D eigenvalue weighted by atomic mass is 9.81. The number of carbonyl (C=O) groups excluding carboxylic acids is 1. The van der Waals surface area contributed by atoms with E-state index in [-0.39, 0.29) is 18.1 Å². The summed E-state index contributed by atoms with van der Waals surface area (Å²) in [6, 6.07) is 6.70. The molecule has 4 rings (SSSR count). The summed E-state index contributed by atoms with van der Waals surface area (Å²) in [5, 5.41) is 11.2. The zero-order valence-electron chi connectivity index (χ0n) is 17.0. The molecule has 0 radical (unpaired) electrons. The predicted octanol–water partition coefficient (Wildman–Crippen LogP) is 4.41. The van der Waals surface area contributed by atoms with Gasteiger partial charge in [0.2, 0.25) is 0 Å². The van der Waals surface area contributed by atoms with Crippen molar-refractivity contribution in [2.75, 3.05) is 26.2 Å². The van der Waals surface area contributed by atoms with Crippen molar-refractivity contribution in [3.8, 4) is 28.7 Å². The van der Waals surface area contributed by atoms with Gasteiger partial charge in [-0.1, -0.05) is 27.6 Å². The average Bonchev–Trinajstić information content (AvgIpc) is 2.76. The molecule has 2 aromatic carbocycles. The Morgan fingerprint density at radius 3 is 2.70 bits per heavy atom. The summed E-state index contributed by atoms with van der Waals surface area (Å²) >= 11 is 3.42. The highest BCUT2D eigenvalue weighted by atomic mass is 79.9. The number of phenols is 1. The number of fused-ring (bicyclic) bond motifs is 4. The number of Topliss-reactive ketones (excluding diaryl/α,β-unsaturated/α-hetero) is 1. The van der Waals surface area contributed by atoms with Crippen LogP contribution in [0.5, 0.6) is 28.7 Å². The lowest BCUT2D eigenvalue weighted by Crippen LogP contribution is -2.43. The van der Waals surface area contributed by atoms with Crippen molar-refractivity contribution in [3.63, 3.8) is 0 Å². The number of ketones is 1. The van der Waals surface area contributed by atoms with Crippen LogP contribution in [0.25, 0.3) is 0 Å². The first-order chi connectivity index (χ1) is 14.5. The molecule has 0 unspecified atom stereocenters. The molecule has 2 aromatic rings. The average molecular weight is 475 g/mol. The predicted molar refractivity (Wildman–Crippen MR) is 116 cm³/mol. The van der Waals surface area contributed by atoms with Crippen molar-refractivity contribution in [3.05, 3.63) is 52.6 Å². The van der Waals surface area contributed by atoms with Crippen LogP contribution in [0.2, 0.25) is 0 Å². The monoisotopic (exact) mass is 474 g/mol. The SMILES string of the molecule is COc1cc2c(cc1OC)[C@@H]1C(=O)c3ccc(O)c(C/C=C(/C)CBr)c3O[C@@H]1CO2. The first kappa shape index (κ1) is 20.6. The van der Waals surface area contributed by atoms with E-state index >= 15 is 0 Å². The van der Waals surface area contributed by atoms with Crippen molar-refractivity contribution < 1.29 is 28.8 Å². The van der Waals surface area contributed by atoms with Gasteiger partial charge in [-0.2, -0.15) is 0 Å². The molecule has 1 N–H and O–H groups in total. The van der Waals surface area contributed by atoms with Gasteiger partial charge in [-0.3, -0.25) is 4.79 Å². The fourth-order valence-electron chi connectivity index (χ4n) is 3.92. The first-order valence-electron chi connectivity index (χ1n) is 9.64. The molecule has 30 heavy (non-hydrogen) atoms. The minimum Gasteiger partial charge on any atom is -0.508 e. The summed E-state index contributed by atoms with van der Waals surface area (Å²) in [5.41, 5.74) is 2.92. The van der Waals surface area contributed by atoms with E-state index in [1.54, 1.807) is 38.5 Å². The fraction of sp³-hybridized carbons (Fsp3) is 0.348. The van der Waals surface area contributed by atoms with E-state index in [4.69, 9.17) is 18.9 Å². The van der Waals surface area contributed by atoms with Gasteiger partial charge in [0.25, 0.3) is 0 Å². The Morgan fingerprint density at radius 2 is 2.00 bits per heavy atom. The van der Waals surface area contributed by atoms with Crippen molar-refractivity contribution >= 4 is 21.7 Å². The number of hydrogen-bond donors (Lipinski definition) is 1. The van der Waals surface area contributed by atoms with Gasteiger partial charge in [0.1, 0.15) is 30.0 Å². The quantitative estimate of drug-likeness (QED) is 0.510. The van der Waals surface area contributed by atoms with Crippen LogP contribution in [0, 0.1) is 0 Å². The van der Waals surface area contributed by atoms with Crippen molar-refractivity contribution in [1.82, 2.24) is 0 Å². The number of rotatable bonds is 5. The number of aromatic hydroxyl groups is 1. The van der Waals surface area contributed by atoms with Crippen LogP contribution in [0.1, 0.15) is 34.3 Å². The number of benzene rings is 2. The number of hydrogen-bond acceptors (Lipinski definition) is 6. The molecule has 0 bridgehead atoms. The lowest BCUT2D eigenvalue weighted by Gasteiger charge is -2.38. The second-order valence-corrected chi connectivity index (χ2v) is 7.94. The summed E-state index contributed by atoms with van der Waals surface area (Å²) in [5.74, 6) is 1.64. The second kappa shape index (κ2) is 8.22. The highest BCUT2D eigenvalue weighted by molar-refractivity contribution is 9.09. The molecular formula is C23H23BrO6. The fourth-order valence-corrected chi connectivity index (χ4v) is 4.15. The topological polar surface area (TPSA) is 74.2 Å². The second-order valence-electron chi connectivity index (χ2n) is 7.38. The number of allylic oxidation sites excluding steroid dienone is 2. The summed E-state index contributed by atoms with van der Waals surface area (Å²) in [4.78, 5) is 13.5. The molecule has 2 atom stereocenters. The van der Waals surface area contributed by atoms with Crippen LogP contribution in [-0.2, 0) is 6.42 Å². The van der Waals surface area contributed by atoms with E-state index < -0.39 is 12.0 Å². The molecule has 0 saturated heterocycles. The maximum Gasteiger partial charge on any atom is 0.178 e. The summed E-state index contributed by atoms with van der Waals surface area (Å²) in [6.45, 7) is 2.22. The highest BCUT2D eigenvalue weighted by Crippen LogP contribution is 2.48. The lowest BCUT2D eigenvalue weighted by molar-refractivity contribution is 0.0553. The Kier molecular flexibility index (Phi) is 5.64. The molecule has 2 aliphatic heterocycles. The minimum atomic E-state index is -0.515. The number of halogens is 1. The van der Waals surface area contributed by atoms with E-state index in [0.717, 1.165) is 10.9 Å². The molecule has 6 nitrogen and oxygen atoms in total. The molecule has 2 heterocycles. The maximum atomic E-state index is 13.5. The third-order valence-corrected chi connectivity index (χ3v) is 6.43. The molecule has 0 aliphatic carbocycles. The number of ether oxygens (including phenoxy) is 4. The number of methoxy groups -OCH3 is 2. The molecule has 0 fully saturated rings. The summed E-state index contributed by atoms with van der Waals surface area (Å²) in [7, 11) is 3.11. The number of carbonyl (C=O) groups is 1. The van der Waals surface area contributed by atoms with E-state index in [9.17, 15) is 9.90 Å². The minimum absolute atomic E-state index is 0.0551. The molecular weight excluding hydrogens is 452 g/mol. The molecule has 0 spiro atoms. The molecule has 0 amide bonds. The van der Waals surface area contributed by atoms with Gasteiger partial charge >= 0.3 is 0 Å². The number of phenolic OH excluding ortho intramolecular Hbond substituents is 1. The van der Waals surface area contributed by atoms with Gasteiger partial charge in [0.05, 0.1) is 25.7 Å². The van der Waals surface area contributed by atoms with Gasteiger partial charge in [-0.05, 0) is 31.5 Å². The van der Waals surface area contributed by atoms with Crippen molar-refractivity contribution in [1.29, 1.82) is 0 Å². The van der Waals surface area contributed by atoms with Crippen LogP contribution in [0.15, 0.2) is 35.9 Å². The molecule has 0 aromatic heterocycles. The molecule has 0 saturated carbocycles. The van der Waals surface area contributed by atoms with Crippen LogP contribution >= 0.6 is 15.9 Å². The summed E-state index contributed by atoms with van der Waals surface area (Å²) in [6.07, 6.45) is 1.99. The standard InChI is InChI=1S/C23H23BrO6/c1-12(10-24)4-5-13-16(25)7-6-14-22(26)21-15-8-18(27-2)19(28-3)9-17(15)29-11-20(21)30-23(13)14/h4,6-9,20-21,25H,5,10-11H2,1-3H3/b12-4-/t20-,21+/m1/s1. The van der Waals surface area contributed by atoms with E-state index in [1.807, 2.05) is 13.0 Å². The van der Waals surface area contributed by atoms with Crippen LogP contribution in [-0.4, -0.2) is 43.2 Å². The van der Waals surface area contributed by atoms with Gasteiger partial charge in [-0.25, -0.2) is 0 Å². The smallest absolute Gasteiger partial charge is 0.178 e. The van der Waals surface area contributed by atoms with Crippen LogP contribution in [0.4, 0.5) is 0 Å². The summed E-state index contributed by atoms with van der Waals surface area (Å²) < 4.78 is 22.9. The van der Waals surface area contributed by atoms with Gasteiger partial charge < -0.3 is 24.1 Å². The van der Waals surface area contributed by atoms with Crippen molar-refractivity contribution in [2.45, 2.75) is 25.4 Å². The van der Waals surface area contributed by atoms with Gasteiger partial charge in [-0.15, -0.1) is 0 Å². The first-order valence-corrected chi connectivity index (χ1v) is 10.8. The van der Waals surface area contributed by atoms with Crippen LogP contribution in [0.3, 0.4) is 0 Å². The highest BCUT2D eigenvalue weighted by Gasteiger charge is 2.44.